The molecule has 1 aromatic carbocycles. The zero-order valence-electron chi connectivity index (χ0n) is 8.29. The first-order valence-electron chi connectivity index (χ1n) is 4.33. The molecule has 4 heteroatoms. The Labute approximate surface area is 95.8 Å². The van der Waals surface area contributed by atoms with Crippen molar-refractivity contribution < 1.29 is 4.74 Å². The zero-order chi connectivity index (χ0) is 9.84. The van der Waals surface area contributed by atoms with Gasteiger partial charge in [-0.25, -0.2) is 0 Å². The lowest BCUT2D eigenvalue weighted by Crippen LogP contribution is -2.08. The number of hydrogen-bond acceptors (Lipinski definition) is 2. The molecule has 80 valence electrons. The van der Waals surface area contributed by atoms with Crippen LogP contribution in [0.3, 0.4) is 0 Å². The molecule has 0 amide bonds. The van der Waals surface area contributed by atoms with Crippen LogP contribution in [-0.2, 0) is 0 Å². The van der Waals surface area contributed by atoms with E-state index in [2.05, 4.69) is 0 Å². The van der Waals surface area contributed by atoms with Crippen molar-refractivity contribution in [3.8, 4) is 5.75 Å². The van der Waals surface area contributed by atoms with Crippen molar-refractivity contribution in [3.63, 3.8) is 0 Å². The molecule has 0 aliphatic carbocycles. The molecule has 1 rings (SSSR count). The van der Waals surface area contributed by atoms with Crippen molar-refractivity contribution in [3.05, 3.63) is 28.8 Å². The van der Waals surface area contributed by atoms with Gasteiger partial charge in [-0.1, -0.05) is 17.7 Å². The molecule has 0 saturated heterocycles. The monoisotopic (exact) mass is 235 g/mol. The van der Waals surface area contributed by atoms with E-state index in [0.29, 0.717) is 11.6 Å². The van der Waals surface area contributed by atoms with Crippen LogP contribution in [0.1, 0.15) is 25.5 Å². The van der Waals surface area contributed by atoms with Gasteiger partial charge >= 0.3 is 0 Å². The van der Waals surface area contributed by atoms with Gasteiger partial charge in [0, 0.05) is 16.6 Å². The van der Waals surface area contributed by atoms with Gasteiger partial charge in [-0.3, -0.25) is 0 Å². The number of ether oxygens (including phenoxy) is 1. The van der Waals surface area contributed by atoms with Gasteiger partial charge in [0.15, 0.2) is 0 Å². The molecule has 0 radical (unpaired) electrons. The lowest BCUT2D eigenvalue weighted by atomic mass is 10.1. The summed E-state index contributed by atoms with van der Waals surface area (Å²) in [5, 5.41) is 0.668. The standard InChI is InChI=1S/C10H14ClNO.ClH/c1-3-13-9-6-4-5-8(11)10(9)7(2)12;/h4-7H,3,12H2,1-2H3;1H. The highest BCUT2D eigenvalue weighted by Crippen LogP contribution is 2.30. The van der Waals surface area contributed by atoms with Crippen LogP contribution in [0.25, 0.3) is 0 Å². The molecular formula is C10H15Cl2NO. The van der Waals surface area contributed by atoms with E-state index in [1.165, 1.54) is 0 Å². The van der Waals surface area contributed by atoms with Gasteiger partial charge in [0.1, 0.15) is 5.75 Å². The van der Waals surface area contributed by atoms with Crippen LogP contribution >= 0.6 is 24.0 Å². The summed E-state index contributed by atoms with van der Waals surface area (Å²) in [6, 6.07) is 5.46. The van der Waals surface area contributed by atoms with Crippen molar-refractivity contribution in [2.24, 2.45) is 5.73 Å². The third-order valence-electron chi connectivity index (χ3n) is 1.77. The molecule has 0 fully saturated rings. The van der Waals surface area contributed by atoms with E-state index in [1.54, 1.807) is 0 Å². The molecular weight excluding hydrogens is 221 g/mol. The number of nitrogens with two attached hydrogens (primary N) is 1. The number of hydrogen-bond donors (Lipinski definition) is 1. The summed E-state index contributed by atoms with van der Waals surface area (Å²) in [7, 11) is 0. The second-order valence-corrected chi connectivity index (χ2v) is 3.28. The van der Waals surface area contributed by atoms with Gasteiger partial charge in [0.2, 0.25) is 0 Å². The molecule has 0 aliphatic heterocycles. The second kappa shape index (κ2) is 6.12. The third kappa shape index (κ3) is 3.05. The Morgan fingerprint density at radius 3 is 2.64 bits per heavy atom. The van der Waals surface area contributed by atoms with Crippen LogP contribution < -0.4 is 10.5 Å². The molecule has 2 nitrogen and oxygen atoms in total. The van der Waals surface area contributed by atoms with Gasteiger partial charge < -0.3 is 10.5 Å². The summed E-state index contributed by atoms with van der Waals surface area (Å²) in [4.78, 5) is 0. The van der Waals surface area contributed by atoms with E-state index in [9.17, 15) is 0 Å². The predicted octanol–water partition coefficient (Wildman–Crippen LogP) is 3.18. The van der Waals surface area contributed by atoms with Crippen molar-refractivity contribution in [2.45, 2.75) is 19.9 Å². The molecule has 0 aliphatic rings. The molecule has 2 N–H and O–H groups in total. The van der Waals surface area contributed by atoms with Gasteiger partial charge in [-0.05, 0) is 26.0 Å². The summed E-state index contributed by atoms with van der Waals surface area (Å²) in [5.41, 5.74) is 6.66. The third-order valence-corrected chi connectivity index (χ3v) is 2.10. The first-order valence-corrected chi connectivity index (χ1v) is 4.71. The fourth-order valence-corrected chi connectivity index (χ4v) is 1.58. The Balaban J connectivity index is 0.00000169. The Morgan fingerprint density at radius 2 is 2.14 bits per heavy atom. The summed E-state index contributed by atoms with van der Waals surface area (Å²) in [5.74, 6) is 0.782. The Morgan fingerprint density at radius 1 is 1.50 bits per heavy atom. The maximum Gasteiger partial charge on any atom is 0.125 e. The maximum absolute atomic E-state index is 6.00. The molecule has 0 bridgehead atoms. The lowest BCUT2D eigenvalue weighted by Gasteiger charge is -2.14. The van der Waals surface area contributed by atoms with Crippen LogP contribution in [-0.4, -0.2) is 6.61 Å². The fourth-order valence-electron chi connectivity index (χ4n) is 1.24. The minimum absolute atomic E-state index is 0. The normalized spacial score (nSPS) is 11.7. The Hall–Kier alpha value is -0.440. The maximum atomic E-state index is 6.00. The number of benzene rings is 1. The van der Waals surface area contributed by atoms with Gasteiger partial charge in [0.25, 0.3) is 0 Å². The fraction of sp³-hybridized carbons (Fsp3) is 0.400. The van der Waals surface area contributed by atoms with Gasteiger partial charge in [-0.2, -0.15) is 0 Å². The highest BCUT2D eigenvalue weighted by Gasteiger charge is 2.11. The molecule has 14 heavy (non-hydrogen) atoms. The SMILES string of the molecule is CCOc1cccc(Cl)c1C(C)N.Cl. The first-order chi connectivity index (χ1) is 6.16. The van der Waals surface area contributed by atoms with Crippen molar-refractivity contribution in [2.75, 3.05) is 6.61 Å². The Bertz CT molecular complexity index is 289. The molecule has 0 heterocycles. The lowest BCUT2D eigenvalue weighted by molar-refractivity contribution is 0.335. The molecule has 0 aromatic heterocycles. The summed E-state index contributed by atoms with van der Waals surface area (Å²) >= 11 is 6.00. The highest BCUT2D eigenvalue weighted by atomic mass is 35.5. The van der Waals surface area contributed by atoms with E-state index < -0.39 is 0 Å². The van der Waals surface area contributed by atoms with E-state index in [0.717, 1.165) is 11.3 Å². The van der Waals surface area contributed by atoms with Crippen LogP contribution in [0.4, 0.5) is 0 Å². The van der Waals surface area contributed by atoms with Crippen LogP contribution in [0.15, 0.2) is 18.2 Å². The smallest absolute Gasteiger partial charge is 0.125 e. The van der Waals surface area contributed by atoms with E-state index in [-0.39, 0.29) is 18.4 Å². The van der Waals surface area contributed by atoms with Gasteiger partial charge in [-0.15, -0.1) is 12.4 Å². The van der Waals surface area contributed by atoms with E-state index in [4.69, 9.17) is 22.1 Å². The minimum atomic E-state index is -0.102. The number of rotatable bonds is 3. The molecule has 1 atom stereocenters. The summed E-state index contributed by atoms with van der Waals surface area (Å²) in [6.07, 6.45) is 0. The van der Waals surface area contributed by atoms with Crippen LogP contribution in [0.5, 0.6) is 5.75 Å². The quantitative estimate of drug-likeness (QED) is 0.874. The average molecular weight is 236 g/mol. The number of halogens is 2. The van der Waals surface area contributed by atoms with E-state index in [1.807, 2.05) is 32.0 Å². The first kappa shape index (κ1) is 13.6. The molecule has 1 aromatic rings. The van der Waals surface area contributed by atoms with Crippen molar-refractivity contribution in [1.82, 2.24) is 0 Å². The zero-order valence-corrected chi connectivity index (χ0v) is 9.86. The predicted molar refractivity (Wildman–Crippen MR) is 62.5 cm³/mol. The highest BCUT2D eigenvalue weighted by molar-refractivity contribution is 6.31. The molecule has 0 spiro atoms. The second-order valence-electron chi connectivity index (χ2n) is 2.87. The minimum Gasteiger partial charge on any atom is -0.493 e. The molecule has 1 unspecified atom stereocenters. The van der Waals surface area contributed by atoms with Crippen molar-refractivity contribution in [1.29, 1.82) is 0 Å². The largest absolute Gasteiger partial charge is 0.493 e. The van der Waals surface area contributed by atoms with Crippen molar-refractivity contribution >= 4 is 24.0 Å². The van der Waals surface area contributed by atoms with Gasteiger partial charge in [0.05, 0.1) is 6.61 Å². The average Bonchev–Trinajstić information content (AvgIpc) is 2.04. The van der Waals surface area contributed by atoms with E-state index >= 15 is 0 Å². The van der Waals surface area contributed by atoms with Crippen LogP contribution in [0, 0.1) is 0 Å². The summed E-state index contributed by atoms with van der Waals surface area (Å²) < 4.78 is 5.41. The topological polar surface area (TPSA) is 35.2 Å². The van der Waals surface area contributed by atoms with Crippen LogP contribution in [0.2, 0.25) is 5.02 Å². The summed E-state index contributed by atoms with van der Waals surface area (Å²) in [6.45, 7) is 4.45. The Kier molecular flexibility index (Phi) is 5.93. The molecule has 0 saturated carbocycles.